The number of nitriles is 1. The molecule has 0 saturated carbocycles. The van der Waals surface area contributed by atoms with Crippen molar-refractivity contribution in [3.63, 3.8) is 0 Å². The number of carbonyl (C=O) groups is 2. The zero-order chi connectivity index (χ0) is 41.0. The second kappa shape index (κ2) is 16.9. The molecule has 1 aromatic heterocycles. The van der Waals surface area contributed by atoms with Crippen molar-refractivity contribution >= 4 is 35.1 Å². The van der Waals surface area contributed by atoms with Crippen molar-refractivity contribution in [2.45, 2.75) is 65.8 Å². The van der Waals surface area contributed by atoms with Gasteiger partial charge in [0, 0.05) is 48.1 Å². The average Bonchev–Trinajstić information content (AvgIpc) is 3.17. The molecule has 12 heteroatoms. The van der Waals surface area contributed by atoms with Gasteiger partial charge in [0.05, 0.1) is 36.5 Å². The van der Waals surface area contributed by atoms with E-state index in [2.05, 4.69) is 21.3 Å². The fraction of sp³-hybridized carbons (Fsp3) is 0.289. The zero-order valence-electron chi connectivity index (χ0n) is 33.1. The molecule has 1 N–H and O–H groups in total. The first kappa shape index (κ1) is 40.5. The molecule has 1 aliphatic rings. The van der Waals surface area contributed by atoms with E-state index in [-0.39, 0.29) is 34.1 Å². The third-order valence-corrected chi connectivity index (χ3v) is 10.3. The minimum atomic E-state index is -0.722. The molecule has 4 aromatic carbocycles. The topological polar surface area (TPSA) is 117 Å². The first-order valence-corrected chi connectivity index (χ1v) is 18.9. The fourth-order valence-corrected chi connectivity index (χ4v) is 7.48. The van der Waals surface area contributed by atoms with E-state index in [0.717, 1.165) is 28.2 Å². The minimum Gasteiger partial charge on any atom is -0.497 e. The monoisotopic (exact) mass is 789 g/mol. The predicted octanol–water partition coefficient (Wildman–Crippen LogP) is 10.1. The van der Waals surface area contributed by atoms with Crippen molar-refractivity contribution in [2.75, 3.05) is 31.0 Å². The average molecular weight is 790 g/mol. The summed E-state index contributed by atoms with van der Waals surface area (Å²) in [6.07, 6.45) is 1.19. The van der Waals surface area contributed by atoms with Gasteiger partial charge >= 0.3 is 6.09 Å². The number of pyridine rings is 1. The van der Waals surface area contributed by atoms with Crippen LogP contribution in [-0.2, 0) is 24.2 Å². The molecule has 1 aliphatic heterocycles. The van der Waals surface area contributed by atoms with Crippen molar-refractivity contribution in [2.24, 2.45) is 0 Å². The summed E-state index contributed by atoms with van der Waals surface area (Å²) < 4.78 is 32.8. The fourth-order valence-electron chi connectivity index (χ4n) is 7.09. The van der Waals surface area contributed by atoms with Gasteiger partial charge in [0.1, 0.15) is 34.8 Å². The molecule has 294 valence electrons. The van der Waals surface area contributed by atoms with E-state index in [1.165, 1.54) is 12.3 Å². The molecule has 1 unspecified atom stereocenters. The van der Waals surface area contributed by atoms with Crippen molar-refractivity contribution in [1.82, 2.24) is 9.88 Å². The smallest absolute Gasteiger partial charge is 0.413 e. The van der Waals surface area contributed by atoms with Gasteiger partial charge in [-0.2, -0.15) is 5.26 Å². The Labute approximate surface area is 337 Å². The summed E-state index contributed by atoms with van der Waals surface area (Å²) in [5.74, 6) is 0.562. The Kier molecular flexibility index (Phi) is 12.0. The summed E-state index contributed by atoms with van der Waals surface area (Å²) in [5, 5.41) is 13.6. The van der Waals surface area contributed by atoms with Gasteiger partial charge in [0.2, 0.25) is 0 Å². The standard InChI is InChI=1S/C45H45ClFN5O5/c1-27-21-35(37(24-48)39(22-27)51(25-29-10-14-31(55-6)15-11-29)26-30-12-16-32(56-7)17-13-30)40-38(47)23-36-34(41(40)46)18-20-52(43(36)53)28(2)33-9-8-19-49-42(33)50-44(54)57-45(3,4)5/h8-17,19,21-23,28H,18,20,25-26H2,1-7H3,(H,49,50,54). The molecule has 6 rings (SSSR count). The normalized spacial score (nSPS) is 13.0. The largest absolute Gasteiger partial charge is 0.497 e. The summed E-state index contributed by atoms with van der Waals surface area (Å²) in [4.78, 5) is 34.8. The molecule has 1 atom stereocenters. The van der Waals surface area contributed by atoms with E-state index in [9.17, 15) is 14.9 Å². The van der Waals surface area contributed by atoms with Crippen molar-refractivity contribution < 1.29 is 28.2 Å². The van der Waals surface area contributed by atoms with Crippen molar-refractivity contribution in [1.29, 1.82) is 5.26 Å². The first-order valence-electron chi connectivity index (χ1n) is 18.5. The van der Waals surface area contributed by atoms with E-state index >= 15 is 4.39 Å². The SMILES string of the molecule is COc1ccc(CN(Cc2ccc(OC)cc2)c2cc(C)cc(-c3c(F)cc4c(c3Cl)CCN(C(C)c3cccnc3NC(=O)OC(C)(C)C)C4=O)c2C#N)cc1. The number of aryl methyl sites for hydroxylation is 1. The van der Waals surface area contributed by atoms with Crippen LogP contribution in [0.25, 0.3) is 11.1 Å². The summed E-state index contributed by atoms with van der Waals surface area (Å²) in [6, 6.07) is 25.6. The van der Waals surface area contributed by atoms with E-state index in [1.807, 2.05) is 68.4 Å². The number of fused-ring (bicyclic) bond motifs is 1. The predicted molar refractivity (Wildman–Crippen MR) is 219 cm³/mol. The summed E-state index contributed by atoms with van der Waals surface area (Å²) in [6.45, 7) is 10.1. The van der Waals surface area contributed by atoms with Crippen LogP contribution in [0.4, 0.5) is 20.7 Å². The number of carbonyl (C=O) groups excluding carboxylic acids is 2. The molecule has 0 bridgehead atoms. The third kappa shape index (κ3) is 8.97. The number of nitrogens with zero attached hydrogens (tertiary/aromatic N) is 4. The Bertz CT molecular complexity index is 2290. The van der Waals surface area contributed by atoms with Gasteiger partial charge in [-0.25, -0.2) is 14.2 Å². The maximum Gasteiger partial charge on any atom is 0.413 e. The second-order valence-corrected chi connectivity index (χ2v) is 15.3. The molecule has 5 aromatic rings. The van der Waals surface area contributed by atoms with E-state index in [1.54, 1.807) is 58.1 Å². The molecule has 0 radical (unpaired) electrons. The number of aromatic nitrogens is 1. The molecular formula is C45H45ClFN5O5. The van der Waals surface area contributed by atoms with Crippen LogP contribution >= 0.6 is 11.6 Å². The number of rotatable bonds is 11. The van der Waals surface area contributed by atoms with Gasteiger partial charge in [-0.15, -0.1) is 0 Å². The number of hydrogen-bond acceptors (Lipinski definition) is 8. The van der Waals surface area contributed by atoms with Crippen LogP contribution in [0.15, 0.2) is 85.1 Å². The Morgan fingerprint density at radius 1 is 1.00 bits per heavy atom. The molecule has 2 amide bonds. The summed E-state index contributed by atoms with van der Waals surface area (Å²) in [7, 11) is 3.23. The first-order chi connectivity index (χ1) is 27.2. The lowest BCUT2D eigenvalue weighted by molar-refractivity contribution is 0.0635. The highest BCUT2D eigenvalue weighted by atomic mass is 35.5. The number of methoxy groups -OCH3 is 2. The highest BCUT2D eigenvalue weighted by Gasteiger charge is 2.34. The quantitative estimate of drug-likeness (QED) is 0.141. The van der Waals surface area contributed by atoms with Crippen LogP contribution in [-0.4, -0.2) is 48.2 Å². The zero-order valence-corrected chi connectivity index (χ0v) is 33.8. The molecule has 10 nitrogen and oxygen atoms in total. The Balaban J connectivity index is 1.37. The molecule has 2 heterocycles. The van der Waals surface area contributed by atoms with Crippen molar-refractivity contribution in [3.8, 4) is 28.7 Å². The Morgan fingerprint density at radius 2 is 1.61 bits per heavy atom. The van der Waals surface area contributed by atoms with Crippen LogP contribution in [0.5, 0.6) is 11.5 Å². The van der Waals surface area contributed by atoms with E-state index in [0.29, 0.717) is 41.9 Å². The van der Waals surface area contributed by atoms with Crippen LogP contribution in [0.2, 0.25) is 5.02 Å². The van der Waals surface area contributed by atoms with Gasteiger partial charge in [0.25, 0.3) is 5.91 Å². The van der Waals surface area contributed by atoms with Gasteiger partial charge in [-0.3, -0.25) is 10.1 Å². The maximum absolute atomic E-state index is 16.6. The second-order valence-electron chi connectivity index (χ2n) is 14.9. The number of nitrogens with one attached hydrogen (secondary N) is 1. The van der Waals surface area contributed by atoms with Crippen LogP contribution < -0.4 is 19.7 Å². The molecule has 0 spiro atoms. The molecule has 57 heavy (non-hydrogen) atoms. The number of hydrogen-bond donors (Lipinski definition) is 1. The maximum atomic E-state index is 16.6. The molecular weight excluding hydrogens is 745 g/mol. The Hall–Kier alpha value is -6.12. The lowest BCUT2D eigenvalue weighted by Crippen LogP contribution is -2.40. The number of benzene rings is 4. The van der Waals surface area contributed by atoms with Crippen LogP contribution in [0.3, 0.4) is 0 Å². The van der Waals surface area contributed by atoms with Gasteiger partial charge < -0.3 is 24.0 Å². The van der Waals surface area contributed by atoms with Gasteiger partial charge in [0.15, 0.2) is 0 Å². The lowest BCUT2D eigenvalue weighted by Gasteiger charge is -2.35. The highest BCUT2D eigenvalue weighted by Crippen LogP contribution is 2.43. The number of amides is 2. The molecule has 0 saturated heterocycles. The molecule has 0 fully saturated rings. The van der Waals surface area contributed by atoms with E-state index < -0.39 is 29.5 Å². The third-order valence-electron chi connectivity index (χ3n) is 9.84. The Morgan fingerprint density at radius 3 is 2.18 bits per heavy atom. The highest BCUT2D eigenvalue weighted by molar-refractivity contribution is 6.35. The van der Waals surface area contributed by atoms with E-state index in [4.69, 9.17) is 25.8 Å². The minimum absolute atomic E-state index is 0.0659. The summed E-state index contributed by atoms with van der Waals surface area (Å²) in [5.41, 5.74) is 4.51. The molecule has 0 aliphatic carbocycles. The summed E-state index contributed by atoms with van der Waals surface area (Å²) >= 11 is 7.11. The van der Waals surface area contributed by atoms with Gasteiger partial charge in [-0.1, -0.05) is 41.9 Å². The lowest BCUT2D eigenvalue weighted by atomic mass is 9.89. The number of anilines is 2. The van der Waals surface area contributed by atoms with Gasteiger partial charge in [-0.05, 0) is 112 Å². The van der Waals surface area contributed by atoms with Crippen LogP contribution in [0.1, 0.15) is 77.5 Å². The number of ether oxygens (including phenoxy) is 3. The van der Waals surface area contributed by atoms with Crippen molar-refractivity contribution in [3.05, 3.63) is 135 Å². The number of halogens is 2. The van der Waals surface area contributed by atoms with Crippen LogP contribution in [0, 0.1) is 24.1 Å².